The minimum atomic E-state index is -0.137. The SMILES string of the molecule is CC(=O)O[C@H]1CC[C@H]2[C@@H]3CCC4=CC(=O)C=CC4C3CC[C@]12C. The van der Waals surface area contributed by atoms with Gasteiger partial charge in [0.2, 0.25) is 0 Å². The molecule has 3 fully saturated rings. The lowest BCUT2D eigenvalue weighted by atomic mass is 9.53. The summed E-state index contributed by atoms with van der Waals surface area (Å²) in [5, 5.41) is 0. The van der Waals surface area contributed by atoms with E-state index in [-0.39, 0.29) is 23.3 Å². The van der Waals surface area contributed by atoms with Crippen molar-refractivity contribution in [1.29, 1.82) is 0 Å². The van der Waals surface area contributed by atoms with Crippen LogP contribution in [0.2, 0.25) is 0 Å². The van der Waals surface area contributed by atoms with Crippen LogP contribution in [0.15, 0.2) is 23.8 Å². The van der Waals surface area contributed by atoms with E-state index in [0.29, 0.717) is 23.7 Å². The van der Waals surface area contributed by atoms with Crippen LogP contribution >= 0.6 is 0 Å². The fourth-order valence-electron chi connectivity index (χ4n) is 6.16. The summed E-state index contributed by atoms with van der Waals surface area (Å²) in [6, 6.07) is 0. The second-order valence-corrected chi connectivity index (χ2v) is 8.20. The highest BCUT2D eigenvalue weighted by molar-refractivity contribution is 6.00. The Morgan fingerprint density at radius 1 is 1.22 bits per heavy atom. The maximum absolute atomic E-state index is 11.6. The third kappa shape index (κ3) is 2.31. The fourth-order valence-corrected chi connectivity index (χ4v) is 6.16. The summed E-state index contributed by atoms with van der Waals surface area (Å²) in [5.41, 5.74) is 1.51. The molecule has 0 radical (unpaired) electrons. The molecule has 3 nitrogen and oxygen atoms in total. The fraction of sp³-hybridized carbons (Fsp3) is 0.700. The van der Waals surface area contributed by atoms with Gasteiger partial charge in [0.05, 0.1) is 0 Å². The number of allylic oxidation sites excluding steroid dienone is 4. The van der Waals surface area contributed by atoms with E-state index in [1.165, 1.54) is 31.8 Å². The van der Waals surface area contributed by atoms with Gasteiger partial charge in [-0.2, -0.15) is 0 Å². The number of fused-ring (bicyclic) bond motifs is 5. The monoisotopic (exact) mass is 314 g/mol. The molecular weight excluding hydrogens is 288 g/mol. The third-order valence-corrected chi connectivity index (χ3v) is 7.17. The topological polar surface area (TPSA) is 43.4 Å². The first-order valence-electron chi connectivity index (χ1n) is 9.09. The van der Waals surface area contributed by atoms with Crippen molar-refractivity contribution in [3.63, 3.8) is 0 Å². The van der Waals surface area contributed by atoms with Gasteiger partial charge < -0.3 is 4.74 Å². The Balaban J connectivity index is 1.58. The maximum Gasteiger partial charge on any atom is 0.302 e. The van der Waals surface area contributed by atoms with Crippen LogP contribution in [-0.4, -0.2) is 17.9 Å². The van der Waals surface area contributed by atoms with E-state index in [9.17, 15) is 9.59 Å². The van der Waals surface area contributed by atoms with Gasteiger partial charge in [-0.05, 0) is 68.4 Å². The number of esters is 1. The minimum Gasteiger partial charge on any atom is -0.462 e. The molecule has 0 spiro atoms. The lowest BCUT2D eigenvalue weighted by Gasteiger charge is -2.52. The second kappa shape index (κ2) is 5.32. The number of carbonyl (C=O) groups is 2. The summed E-state index contributed by atoms with van der Waals surface area (Å²) >= 11 is 0. The predicted molar refractivity (Wildman–Crippen MR) is 87.6 cm³/mol. The van der Waals surface area contributed by atoms with Gasteiger partial charge in [-0.1, -0.05) is 18.6 Å². The lowest BCUT2D eigenvalue weighted by molar-refractivity contribution is -0.155. The van der Waals surface area contributed by atoms with E-state index >= 15 is 0 Å². The molecule has 0 aliphatic heterocycles. The highest BCUT2D eigenvalue weighted by atomic mass is 16.5. The first-order chi connectivity index (χ1) is 11.0. The van der Waals surface area contributed by atoms with Crippen molar-refractivity contribution in [1.82, 2.24) is 0 Å². The summed E-state index contributed by atoms with van der Waals surface area (Å²) in [5.74, 6) is 2.55. The zero-order chi connectivity index (χ0) is 16.2. The van der Waals surface area contributed by atoms with E-state index in [1.54, 1.807) is 6.08 Å². The molecule has 0 aromatic carbocycles. The molecule has 0 heterocycles. The Bertz CT molecular complexity index is 602. The van der Waals surface area contributed by atoms with Crippen LogP contribution in [0.1, 0.15) is 52.4 Å². The molecule has 4 aliphatic rings. The lowest BCUT2D eigenvalue weighted by Crippen LogP contribution is -2.47. The van der Waals surface area contributed by atoms with Crippen molar-refractivity contribution in [2.45, 2.75) is 58.5 Å². The average molecular weight is 314 g/mol. The Hall–Kier alpha value is -1.38. The van der Waals surface area contributed by atoms with Crippen LogP contribution in [0.3, 0.4) is 0 Å². The van der Waals surface area contributed by atoms with Crippen molar-refractivity contribution in [2.24, 2.45) is 29.1 Å². The molecule has 23 heavy (non-hydrogen) atoms. The van der Waals surface area contributed by atoms with Crippen molar-refractivity contribution in [3.05, 3.63) is 23.8 Å². The van der Waals surface area contributed by atoms with Gasteiger partial charge in [0.25, 0.3) is 0 Å². The molecule has 0 aromatic rings. The number of hydrogen-bond acceptors (Lipinski definition) is 3. The number of hydrogen-bond donors (Lipinski definition) is 0. The molecule has 4 rings (SSSR count). The van der Waals surface area contributed by atoms with Crippen LogP contribution in [0.4, 0.5) is 0 Å². The normalized spacial score (nSPS) is 44.9. The molecule has 3 heteroatoms. The van der Waals surface area contributed by atoms with Crippen molar-refractivity contribution < 1.29 is 14.3 Å². The van der Waals surface area contributed by atoms with E-state index in [0.717, 1.165) is 19.3 Å². The van der Waals surface area contributed by atoms with Gasteiger partial charge in [-0.25, -0.2) is 0 Å². The van der Waals surface area contributed by atoms with Crippen LogP contribution in [0, 0.1) is 29.1 Å². The Morgan fingerprint density at radius 3 is 2.83 bits per heavy atom. The van der Waals surface area contributed by atoms with Gasteiger partial charge in [-0.15, -0.1) is 0 Å². The van der Waals surface area contributed by atoms with Gasteiger partial charge in [0.15, 0.2) is 5.78 Å². The predicted octanol–water partition coefficient (Wildman–Crippen LogP) is 3.84. The summed E-state index contributed by atoms with van der Waals surface area (Å²) < 4.78 is 5.68. The number of rotatable bonds is 1. The van der Waals surface area contributed by atoms with Crippen molar-refractivity contribution >= 4 is 11.8 Å². The molecule has 2 unspecified atom stereocenters. The van der Waals surface area contributed by atoms with E-state index in [1.807, 2.05) is 6.08 Å². The molecule has 0 amide bonds. The van der Waals surface area contributed by atoms with Gasteiger partial charge in [-0.3, -0.25) is 9.59 Å². The van der Waals surface area contributed by atoms with Gasteiger partial charge in [0.1, 0.15) is 6.10 Å². The largest absolute Gasteiger partial charge is 0.462 e. The Kier molecular flexibility index (Phi) is 3.51. The molecule has 0 saturated heterocycles. The van der Waals surface area contributed by atoms with Gasteiger partial charge in [0, 0.05) is 18.3 Å². The Labute approximate surface area is 138 Å². The first-order valence-corrected chi connectivity index (χ1v) is 9.09. The summed E-state index contributed by atoms with van der Waals surface area (Å²) in [6.07, 6.45) is 12.7. The van der Waals surface area contributed by atoms with Crippen LogP contribution < -0.4 is 0 Å². The summed E-state index contributed by atoms with van der Waals surface area (Å²) in [6.45, 7) is 3.88. The zero-order valence-electron chi connectivity index (χ0n) is 14.1. The van der Waals surface area contributed by atoms with Gasteiger partial charge >= 0.3 is 5.97 Å². The van der Waals surface area contributed by atoms with E-state index < -0.39 is 0 Å². The minimum absolute atomic E-state index is 0.103. The highest BCUT2D eigenvalue weighted by Gasteiger charge is 2.57. The zero-order valence-corrected chi connectivity index (χ0v) is 14.1. The van der Waals surface area contributed by atoms with Crippen LogP contribution in [0.25, 0.3) is 0 Å². The van der Waals surface area contributed by atoms with Crippen LogP contribution in [0.5, 0.6) is 0 Å². The van der Waals surface area contributed by atoms with E-state index in [2.05, 4.69) is 13.0 Å². The summed E-state index contributed by atoms with van der Waals surface area (Å²) in [4.78, 5) is 23.1. The Morgan fingerprint density at radius 2 is 2.04 bits per heavy atom. The molecule has 4 aliphatic carbocycles. The summed E-state index contributed by atoms with van der Waals surface area (Å²) in [7, 11) is 0. The quantitative estimate of drug-likeness (QED) is 0.691. The third-order valence-electron chi connectivity index (χ3n) is 7.17. The van der Waals surface area contributed by atoms with Crippen molar-refractivity contribution in [2.75, 3.05) is 0 Å². The molecule has 3 saturated carbocycles. The second-order valence-electron chi connectivity index (χ2n) is 8.20. The molecule has 0 bridgehead atoms. The number of ether oxygens (including phenoxy) is 1. The molecule has 124 valence electrons. The maximum atomic E-state index is 11.6. The number of ketones is 1. The molecule has 0 N–H and O–H groups in total. The molecule has 6 atom stereocenters. The van der Waals surface area contributed by atoms with E-state index in [4.69, 9.17) is 4.74 Å². The molecule has 0 aromatic heterocycles. The standard InChI is InChI=1S/C20H26O3/c1-12(21)23-19-8-7-18-17-5-3-13-11-14(22)4-6-15(13)16(17)9-10-20(18,19)2/h4,6,11,15-19H,3,5,7-10H2,1-2H3/t15?,16?,17-,18+,19+,20+/m1/s1. The first kappa shape index (κ1) is 15.2. The number of carbonyl (C=O) groups excluding carboxylic acids is 2. The van der Waals surface area contributed by atoms with Crippen LogP contribution in [-0.2, 0) is 14.3 Å². The van der Waals surface area contributed by atoms with Crippen molar-refractivity contribution in [3.8, 4) is 0 Å². The average Bonchev–Trinajstić information content (AvgIpc) is 2.83. The smallest absolute Gasteiger partial charge is 0.302 e. The highest BCUT2D eigenvalue weighted by Crippen LogP contribution is 2.61. The molecular formula is C20H26O3.